The molecule has 1 rings (SSSR count). The number of urea groups is 1. The minimum absolute atomic E-state index is 0.0431. The third-order valence-electron chi connectivity index (χ3n) is 1.70. The third kappa shape index (κ3) is 3.98. The Bertz CT molecular complexity index is 421. The molecule has 0 spiro atoms. The molecule has 1 heterocycles. The predicted molar refractivity (Wildman–Crippen MR) is 60.9 cm³/mol. The number of anilines is 1. The van der Waals surface area contributed by atoms with Crippen LogP contribution in [0.5, 0.6) is 0 Å². The quantitative estimate of drug-likeness (QED) is 0.636. The fraction of sp³-hybridized carbons (Fsp3) is 0.273. The van der Waals surface area contributed by atoms with Gasteiger partial charge in [0.15, 0.2) is 0 Å². The summed E-state index contributed by atoms with van der Waals surface area (Å²) in [5, 5.41) is 13.5. The van der Waals surface area contributed by atoms with Crippen molar-refractivity contribution in [2.24, 2.45) is 0 Å². The molecule has 0 fully saturated rings. The van der Waals surface area contributed by atoms with Gasteiger partial charge in [-0.2, -0.15) is 0 Å². The van der Waals surface area contributed by atoms with Gasteiger partial charge in [-0.1, -0.05) is 11.8 Å². The molecule has 0 saturated heterocycles. The van der Waals surface area contributed by atoms with Crippen LogP contribution in [0, 0.1) is 11.8 Å². The summed E-state index contributed by atoms with van der Waals surface area (Å²) in [6, 6.07) is 3.08. The molecule has 0 aliphatic heterocycles. The van der Waals surface area contributed by atoms with Gasteiger partial charge in [0.25, 0.3) is 0 Å². The van der Waals surface area contributed by atoms with E-state index in [4.69, 9.17) is 5.11 Å². The van der Waals surface area contributed by atoms with Crippen molar-refractivity contribution in [3.05, 3.63) is 23.9 Å². The summed E-state index contributed by atoms with van der Waals surface area (Å²) < 4.78 is 0. The van der Waals surface area contributed by atoms with Crippen LogP contribution in [-0.2, 0) is 0 Å². The monoisotopic (exact) mass is 219 g/mol. The van der Waals surface area contributed by atoms with E-state index in [-0.39, 0.29) is 12.6 Å². The molecular formula is C11H13N3O2. The molecular weight excluding hydrogens is 206 g/mol. The first-order chi connectivity index (χ1) is 7.76. The van der Waals surface area contributed by atoms with Crippen LogP contribution >= 0.6 is 0 Å². The average Bonchev–Trinajstić information content (AvgIpc) is 2.30. The van der Waals surface area contributed by atoms with Gasteiger partial charge in [0, 0.05) is 25.2 Å². The summed E-state index contributed by atoms with van der Waals surface area (Å²) in [4.78, 5) is 15.0. The molecule has 84 valence electrons. The van der Waals surface area contributed by atoms with E-state index in [2.05, 4.69) is 27.5 Å². The summed E-state index contributed by atoms with van der Waals surface area (Å²) in [5.41, 5.74) is 0.745. The Morgan fingerprint density at radius 3 is 3.12 bits per heavy atom. The van der Waals surface area contributed by atoms with Gasteiger partial charge in [-0.25, -0.2) is 9.78 Å². The van der Waals surface area contributed by atoms with Gasteiger partial charge >= 0.3 is 6.03 Å². The predicted octanol–water partition coefficient (Wildman–Crippen LogP) is 0.567. The second-order valence-corrected chi connectivity index (χ2v) is 2.91. The minimum Gasteiger partial charge on any atom is -0.395 e. The number of hydrogen-bond acceptors (Lipinski definition) is 3. The molecule has 5 nitrogen and oxygen atoms in total. The normalized spacial score (nSPS) is 8.88. The molecule has 0 unspecified atom stereocenters. The van der Waals surface area contributed by atoms with Crippen LogP contribution in [0.4, 0.5) is 10.6 Å². The number of nitrogens with one attached hydrogen (secondary N) is 2. The second kappa shape index (κ2) is 6.43. The Hall–Kier alpha value is -2.06. The summed E-state index contributed by atoms with van der Waals surface area (Å²) in [5.74, 6) is 6.09. The van der Waals surface area contributed by atoms with E-state index < -0.39 is 0 Å². The molecule has 1 aromatic heterocycles. The number of rotatable bonds is 2. The van der Waals surface area contributed by atoms with Crippen molar-refractivity contribution in [1.29, 1.82) is 0 Å². The Labute approximate surface area is 93.9 Å². The number of aliphatic hydroxyl groups is 1. The summed E-state index contributed by atoms with van der Waals surface area (Å²) >= 11 is 0. The molecule has 16 heavy (non-hydrogen) atoms. The molecule has 2 amide bonds. The summed E-state index contributed by atoms with van der Waals surface area (Å²) in [6.07, 6.45) is 1.99. The van der Waals surface area contributed by atoms with Crippen LogP contribution in [0.25, 0.3) is 0 Å². The third-order valence-corrected chi connectivity index (χ3v) is 1.70. The van der Waals surface area contributed by atoms with Crippen molar-refractivity contribution in [3.63, 3.8) is 0 Å². The lowest BCUT2D eigenvalue weighted by atomic mass is 10.2. The number of aromatic nitrogens is 1. The number of carbonyl (C=O) groups excluding carboxylic acids is 1. The highest BCUT2D eigenvalue weighted by atomic mass is 16.2. The zero-order valence-corrected chi connectivity index (χ0v) is 8.95. The number of carbonyl (C=O) groups is 1. The Morgan fingerprint density at radius 1 is 1.62 bits per heavy atom. The minimum atomic E-state index is -0.326. The highest BCUT2D eigenvalue weighted by Gasteiger charge is 1.99. The van der Waals surface area contributed by atoms with Gasteiger partial charge in [0.05, 0.1) is 6.61 Å². The number of nitrogens with zero attached hydrogens (tertiary/aromatic N) is 1. The van der Waals surface area contributed by atoms with E-state index in [9.17, 15) is 4.79 Å². The van der Waals surface area contributed by atoms with Gasteiger partial charge in [-0.05, 0) is 12.1 Å². The Balaban J connectivity index is 2.72. The van der Waals surface area contributed by atoms with Crippen LogP contribution < -0.4 is 10.6 Å². The molecule has 0 atom stereocenters. The number of hydrogen-bond donors (Lipinski definition) is 3. The summed E-state index contributed by atoms with van der Waals surface area (Å²) in [6.45, 7) is 0.0431. The first kappa shape index (κ1) is 12.0. The molecule has 0 aliphatic carbocycles. The molecule has 1 aromatic rings. The summed E-state index contributed by atoms with van der Waals surface area (Å²) in [7, 11) is 1.53. The molecule has 3 N–H and O–H groups in total. The van der Waals surface area contributed by atoms with Crippen molar-refractivity contribution >= 4 is 11.8 Å². The number of amides is 2. The molecule has 0 saturated carbocycles. The SMILES string of the molecule is CNC(=O)Nc1cc(C#CCCO)ccn1. The molecule has 0 radical (unpaired) electrons. The van der Waals surface area contributed by atoms with Crippen LogP contribution in [0.1, 0.15) is 12.0 Å². The number of aliphatic hydroxyl groups excluding tert-OH is 1. The van der Waals surface area contributed by atoms with Crippen molar-refractivity contribution in [2.45, 2.75) is 6.42 Å². The van der Waals surface area contributed by atoms with Crippen LogP contribution in [0.15, 0.2) is 18.3 Å². The van der Waals surface area contributed by atoms with E-state index >= 15 is 0 Å². The van der Waals surface area contributed by atoms with Crippen LogP contribution in [0.3, 0.4) is 0 Å². The maximum absolute atomic E-state index is 11.0. The van der Waals surface area contributed by atoms with Gasteiger partial charge in [-0.3, -0.25) is 5.32 Å². The highest BCUT2D eigenvalue weighted by molar-refractivity contribution is 5.88. The van der Waals surface area contributed by atoms with E-state index in [1.165, 1.54) is 7.05 Å². The van der Waals surface area contributed by atoms with Crippen molar-refractivity contribution in [2.75, 3.05) is 19.0 Å². The lowest BCUT2D eigenvalue weighted by molar-refractivity contribution is 0.254. The fourth-order valence-electron chi connectivity index (χ4n) is 0.976. The Morgan fingerprint density at radius 2 is 2.44 bits per heavy atom. The van der Waals surface area contributed by atoms with E-state index in [0.29, 0.717) is 12.2 Å². The fourth-order valence-corrected chi connectivity index (χ4v) is 0.976. The first-order valence-electron chi connectivity index (χ1n) is 4.81. The maximum atomic E-state index is 11.0. The smallest absolute Gasteiger partial charge is 0.320 e. The average molecular weight is 219 g/mol. The van der Waals surface area contributed by atoms with Gasteiger partial charge < -0.3 is 10.4 Å². The van der Waals surface area contributed by atoms with E-state index in [0.717, 1.165) is 5.56 Å². The Kier molecular flexibility index (Phi) is 4.83. The molecule has 0 bridgehead atoms. The number of pyridine rings is 1. The van der Waals surface area contributed by atoms with Crippen molar-refractivity contribution in [1.82, 2.24) is 10.3 Å². The second-order valence-electron chi connectivity index (χ2n) is 2.91. The molecule has 0 aliphatic rings. The van der Waals surface area contributed by atoms with Crippen molar-refractivity contribution in [3.8, 4) is 11.8 Å². The van der Waals surface area contributed by atoms with Gasteiger partial charge in [0.1, 0.15) is 5.82 Å². The van der Waals surface area contributed by atoms with Gasteiger partial charge in [0.2, 0.25) is 0 Å². The standard InChI is InChI=1S/C11H13N3O2/c1-12-11(16)14-10-8-9(5-6-13-10)4-2-3-7-15/h5-6,8,15H,3,7H2,1H3,(H2,12,13,14,16). The first-order valence-corrected chi connectivity index (χ1v) is 4.81. The lowest BCUT2D eigenvalue weighted by Gasteiger charge is -2.02. The molecule has 5 heteroatoms. The van der Waals surface area contributed by atoms with Crippen LogP contribution in [-0.4, -0.2) is 29.8 Å². The zero-order valence-electron chi connectivity index (χ0n) is 8.95. The van der Waals surface area contributed by atoms with Gasteiger partial charge in [-0.15, -0.1) is 0 Å². The lowest BCUT2D eigenvalue weighted by Crippen LogP contribution is -2.24. The van der Waals surface area contributed by atoms with E-state index in [1.807, 2.05) is 0 Å². The van der Waals surface area contributed by atoms with E-state index in [1.54, 1.807) is 18.3 Å². The topological polar surface area (TPSA) is 74.2 Å². The van der Waals surface area contributed by atoms with Crippen molar-refractivity contribution < 1.29 is 9.90 Å². The maximum Gasteiger partial charge on any atom is 0.320 e. The molecule has 0 aromatic carbocycles. The van der Waals surface area contributed by atoms with Crippen LogP contribution in [0.2, 0.25) is 0 Å². The zero-order chi connectivity index (χ0) is 11.8. The largest absolute Gasteiger partial charge is 0.395 e. The highest BCUT2D eigenvalue weighted by Crippen LogP contribution is 2.05.